The summed E-state index contributed by atoms with van der Waals surface area (Å²) in [4.78, 5) is 48.0. The summed E-state index contributed by atoms with van der Waals surface area (Å²) in [6.07, 6.45) is 0.263. The minimum Gasteiger partial charge on any atom is -1.00 e. The molecular weight excluding hydrogens is 332 g/mol. The van der Waals surface area contributed by atoms with Gasteiger partial charge >= 0.3 is 21.1 Å². The Balaban J connectivity index is 0.00000361. The normalized spacial score (nSPS) is 23.6. The molecule has 1 amide bonds. The highest BCUT2D eigenvalue weighted by molar-refractivity contribution is 7.70. The fourth-order valence-electron chi connectivity index (χ4n) is 2.20. The first-order valence-corrected chi connectivity index (χ1v) is 9.17. The molecule has 0 radical (unpaired) electrons. The SMILES string of the molecule is C[N+]1(C)CCC(CC(P(=O)(O)O)P(=O)(O)O)CC1=O.[Cl-]. The van der Waals surface area contributed by atoms with Crippen molar-refractivity contribution in [1.82, 2.24) is 0 Å². The van der Waals surface area contributed by atoms with Crippen molar-refractivity contribution in [3.05, 3.63) is 0 Å². The van der Waals surface area contributed by atoms with Crippen LogP contribution in [0.1, 0.15) is 19.3 Å². The highest BCUT2D eigenvalue weighted by atomic mass is 35.5. The van der Waals surface area contributed by atoms with Crippen LogP contribution in [0.15, 0.2) is 0 Å². The van der Waals surface area contributed by atoms with E-state index in [-0.39, 0.29) is 35.6 Å². The molecule has 1 saturated heterocycles. The average molecular weight is 352 g/mol. The molecule has 120 valence electrons. The van der Waals surface area contributed by atoms with E-state index in [1.165, 1.54) is 0 Å². The predicted molar refractivity (Wildman–Crippen MR) is 67.2 cm³/mol. The lowest BCUT2D eigenvalue weighted by Gasteiger charge is -2.35. The van der Waals surface area contributed by atoms with E-state index in [0.717, 1.165) is 0 Å². The number of hydrogen-bond donors (Lipinski definition) is 4. The summed E-state index contributed by atoms with van der Waals surface area (Å²) in [5.41, 5.74) is 0. The van der Waals surface area contributed by atoms with Gasteiger partial charge in [0.25, 0.3) is 0 Å². The van der Waals surface area contributed by atoms with Crippen molar-refractivity contribution in [1.29, 1.82) is 0 Å². The first kappa shape index (κ1) is 20.2. The zero-order chi connectivity index (χ0) is 15.1. The Bertz CT molecular complexity index is 435. The molecule has 20 heavy (non-hydrogen) atoms. The van der Waals surface area contributed by atoms with Gasteiger partial charge in [-0.25, -0.2) is 4.79 Å². The van der Waals surface area contributed by atoms with E-state index in [0.29, 0.717) is 13.0 Å². The van der Waals surface area contributed by atoms with Crippen molar-refractivity contribution in [2.24, 2.45) is 5.92 Å². The average Bonchev–Trinajstić information content (AvgIpc) is 2.16. The third-order valence-corrected chi connectivity index (χ3v) is 7.34. The van der Waals surface area contributed by atoms with Gasteiger partial charge in [0.1, 0.15) is 0 Å². The number of hydrogen-bond acceptors (Lipinski definition) is 3. The second-order valence-electron chi connectivity index (χ2n) is 5.56. The van der Waals surface area contributed by atoms with Crippen LogP contribution in [0.2, 0.25) is 0 Å². The van der Waals surface area contributed by atoms with Gasteiger partial charge in [0.05, 0.1) is 27.1 Å². The molecule has 0 aromatic rings. The fraction of sp³-hybridized carbons (Fsp3) is 0.889. The van der Waals surface area contributed by atoms with Gasteiger partial charge in [0, 0.05) is 6.42 Å². The van der Waals surface area contributed by atoms with Crippen molar-refractivity contribution in [2.45, 2.75) is 24.7 Å². The Kier molecular flexibility index (Phi) is 6.62. The molecule has 0 aromatic carbocycles. The number of rotatable bonds is 4. The predicted octanol–water partition coefficient (Wildman–Crippen LogP) is -2.92. The summed E-state index contributed by atoms with van der Waals surface area (Å²) in [5.74, 6) is -0.490. The van der Waals surface area contributed by atoms with Crippen LogP contribution < -0.4 is 12.4 Å². The molecule has 0 aromatic heterocycles. The highest BCUT2D eigenvalue weighted by Gasteiger charge is 2.46. The second kappa shape index (κ2) is 6.55. The zero-order valence-corrected chi connectivity index (χ0v) is 13.8. The number of carbonyl (C=O) groups excluding carboxylic acids is 1. The van der Waals surface area contributed by atoms with E-state index in [4.69, 9.17) is 19.6 Å². The van der Waals surface area contributed by atoms with Crippen molar-refractivity contribution in [3.63, 3.8) is 0 Å². The molecule has 4 N–H and O–H groups in total. The smallest absolute Gasteiger partial charge is 0.340 e. The third-order valence-electron chi connectivity index (χ3n) is 3.56. The van der Waals surface area contributed by atoms with Crippen LogP contribution in [-0.4, -0.2) is 56.0 Å². The molecule has 1 atom stereocenters. The van der Waals surface area contributed by atoms with E-state index < -0.39 is 26.5 Å². The van der Waals surface area contributed by atoms with Crippen LogP contribution in [-0.2, 0) is 13.9 Å². The topological polar surface area (TPSA) is 132 Å². The Hall–Kier alpha value is 0.220. The molecule has 0 spiro atoms. The Morgan fingerprint density at radius 2 is 1.65 bits per heavy atom. The monoisotopic (exact) mass is 351 g/mol. The highest BCUT2D eigenvalue weighted by Crippen LogP contribution is 2.62. The van der Waals surface area contributed by atoms with Crippen molar-refractivity contribution in [3.8, 4) is 0 Å². The summed E-state index contributed by atoms with van der Waals surface area (Å²) < 4.78 is 22.5. The lowest BCUT2D eigenvalue weighted by Crippen LogP contribution is -3.00. The molecule has 1 unspecified atom stereocenters. The van der Waals surface area contributed by atoms with Crippen molar-refractivity contribution in [2.75, 3.05) is 20.6 Å². The molecule has 1 rings (SSSR count). The maximum absolute atomic E-state index is 11.8. The van der Waals surface area contributed by atoms with E-state index >= 15 is 0 Å². The van der Waals surface area contributed by atoms with Crippen LogP contribution in [0.4, 0.5) is 0 Å². The lowest BCUT2D eigenvalue weighted by molar-refractivity contribution is -0.818. The molecule has 8 nitrogen and oxygen atoms in total. The molecule has 1 fully saturated rings. The summed E-state index contributed by atoms with van der Waals surface area (Å²) in [6.45, 7) is 0.499. The Morgan fingerprint density at radius 3 is 2.00 bits per heavy atom. The fourth-order valence-corrected chi connectivity index (χ4v) is 4.91. The molecule has 0 aliphatic carbocycles. The summed E-state index contributed by atoms with van der Waals surface area (Å²) in [6, 6.07) is 0. The maximum atomic E-state index is 11.8. The van der Waals surface area contributed by atoms with Gasteiger partial charge in [-0.05, 0) is 12.3 Å². The number of amides is 1. The molecule has 0 saturated carbocycles. The van der Waals surface area contributed by atoms with Crippen LogP contribution >= 0.6 is 15.2 Å². The third kappa shape index (κ3) is 5.20. The summed E-state index contributed by atoms with van der Waals surface area (Å²) in [7, 11) is -6.31. The largest absolute Gasteiger partial charge is 1.00 e. The summed E-state index contributed by atoms with van der Waals surface area (Å²) >= 11 is 0. The van der Waals surface area contributed by atoms with Gasteiger partial charge in [0.15, 0.2) is 5.40 Å². The van der Waals surface area contributed by atoms with Crippen molar-refractivity contribution < 1.29 is 50.4 Å². The van der Waals surface area contributed by atoms with Gasteiger partial charge in [-0.2, -0.15) is 0 Å². The summed E-state index contributed by atoms with van der Waals surface area (Å²) in [5, 5.41) is -2.01. The Morgan fingerprint density at radius 1 is 1.20 bits per heavy atom. The lowest BCUT2D eigenvalue weighted by atomic mass is 9.93. The van der Waals surface area contributed by atoms with Gasteiger partial charge in [-0.3, -0.25) is 13.6 Å². The molecule has 11 heteroatoms. The number of carbonyl (C=O) groups is 1. The number of halogens is 1. The van der Waals surface area contributed by atoms with Gasteiger partial charge in [0.2, 0.25) is 0 Å². The van der Waals surface area contributed by atoms with E-state index in [1.807, 2.05) is 0 Å². The minimum atomic E-state index is -4.90. The molecule has 1 heterocycles. The van der Waals surface area contributed by atoms with Crippen LogP contribution in [0.25, 0.3) is 0 Å². The second-order valence-corrected chi connectivity index (χ2v) is 9.57. The number of likely N-dealkylation sites (tertiary alicyclic amines) is 1. The quantitative estimate of drug-likeness (QED) is 0.315. The van der Waals surface area contributed by atoms with Gasteiger partial charge < -0.3 is 32.0 Å². The number of nitrogens with zero attached hydrogens (tertiary/aromatic N) is 1. The van der Waals surface area contributed by atoms with Crippen LogP contribution in [0, 0.1) is 5.92 Å². The number of quaternary nitrogens is 1. The standard InChI is InChI=1S/C9H19NO7P2.ClH/c1-10(2)4-3-7(5-8(10)11)6-9(18(12,13)14)19(15,16)17;/h7,9H,3-6H2,1-2H3,(H3-,12,13,14,15,16,17);1H. The first-order chi connectivity index (χ1) is 8.34. The van der Waals surface area contributed by atoms with Crippen molar-refractivity contribution >= 4 is 21.1 Å². The zero-order valence-electron chi connectivity index (χ0n) is 11.2. The van der Waals surface area contributed by atoms with Gasteiger partial charge in [-0.15, -0.1) is 0 Å². The van der Waals surface area contributed by atoms with Crippen LogP contribution in [0.5, 0.6) is 0 Å². The van der Waals surface area contributed by atoms with Crippen LogP contribution in [0.3, 0.4) is 0 Å². The molecule has 1 aliphatic rings. The molecular formula is C9H20ClNO7P2. The van der Waals surface area contributed by atoms with Gasteiger partial charge in [-0.1, -0.05) is 0 Å². The van der Waals surface area contributed by atoms with E-state index in [2.05, 4.69) is 0 Å². The molecule has 0 bridgehead atoms. The first-order valence-electron chi connectivity index (χ1n) is 5.81. The maximum Gasteiger partial charge on any atom is 0.340 e. The number of piperidine rings is 1. The Labute approximate surface area is 123 Å². The minimum absolute atomic E-state index is 0. The van der Waals surface area contributed by atoms with E-state index in [9.17, 15) is 13.9 Å². The van der Waals surface area contributed by atoms with E-state index in [1.54, 1.807) is 14.1 Å². The molecule has 1 aliphatic heterocycles.